The van der Waals surface area contributed by atoms with Crippen LogP contribution in [-0.2, 0) is 11.8 Å². The number of hydrogen-bond donors (Lipinski definition) is 0. The van der Waals surface area contributed by atoms with Gasteiger partial charge in [0.15, 0.2) is 0 Å². The maximum Gasteiger partial charge on any atom is 0.204 e. The highest BCUT2D eigenvalue weighted by molar-refractivity contribution is 5.95. The molecule has 0 radical (unpaired) electrons. The van der Waals surface area contributed by atoms with E-state index in [1.807, 2.05) is 29.9 Å². The lowest BCUT2D eigenvalue weighted by Gasteiger charge is -2.04. The molecule has 1 aromatic heterocycles. The summed E-state index contributed by atoms with van der Waals surface area (Å²) in [6.45, 7) is 3.03. The number of carbonyl (C=O) groups excluding carboxylic acids is 1. The van der Waals surface area contributed by atoms with E-state index in [9.17, 15) is 4.79 Å². The number of nitrogens with zero attached hydrogens (tertiary/aromatic N) is 1. The zero-order valence-electron chi connectivity index (χ0n) is 9.53. The van der Waals surface area contributed by atoms with Gasteiger partial charge in [-0.3, -0.25) is 4.79 Å². The van der Waals surface area contributed by atoms with Crippen molar-refractivity contribution >= 4 is 5.78 Å². The van der Waals surface area contributed by atoms with Crippen molar-refractivity contribution in [2.24, 2.45) is 7.05 Å². The zero-order chi connectivity index (χ0) is 11.1. The first-order valence-electron chi connectivity index (χ1n) is 5.48. The number of ketones is 1. The number of carbonyl (C=O) groups is 1. The Bertz CT molecular complexity index is 304. The molecule has 84 valence electrons. The smallest absolute Gasteiger partial charge is 0.204 e. The number of rotatable bonds is 7. The number of Topliss-reactive ketones (excluding diaryl/α,β-unsaturated/α-hetero) is 1. The lowest BCUT2D eigenvalue weighted by molar-refractivity contribution is 0.0745. The molecule has 15 heavy (non-hydrogen) atoms. The fourth-order valence-electron chi connectivity index (χ4n) is 1.44. The molecule has 0 aromatic carbocycles. The summed E-state index contributed by atoms with van der Waals surface area (Å²) in [6.07, 6.45) is 5.24. The van der Waals surface area contributed by atoms with Gasteiger partial charge in [0, 0.05) is 19.9 Å². The highest BCUT2D eigenvalue weighted by Crippen LogP contribution is 2.02. The zero-order valence-corrected chi connectivity index (χ0v) is 9.53. The van der Waals surface area contributed by atoms with Gasteiger partial charge in [-0.25, -0.2) is 0 Å². The molecule has 1 heterocycles. The molecular formula is C12H19NO2. The van der Waals surface area contributed by atoms with Crippen molar-refractivity contribution in [2.45, 2.75) is 26.2 Å². The van der Waals surface area contributed by atoms with E-state index in [0.29, 0.717) is 12.3 Å². The van der Waals surface area contributed by atoms with Crippen LogP contribution in [0.4, 0.5) is 0 Å². The van der Waals surface area contributed by atoms with Crippen molar-refractivity contribution in [3.8, 4) is 0 Å². The molecule has 0 atom stereocenters. The van der Waals surface area contributed by atoms with Crippen LogP contribution in [0.3, 0.4) is 0 Å². The van der Waals surface area contributed by atoms with Crippen LogP contribution in [0.5, 0.6) is 0 Å². The lowest BCUT2D eigenvalue weighted by Crippen LogP contribution is -2.13. The molecule has 0 spiro atoms. The fourth-order valence-corrected chi connectivity index (χ4v) is 1.44. The Morgan fingerprint density at radius 2 is 2.27 bits per heavy atom. The molecule has 1 rings (SSSR count). The van der Waals surface area contributed by atoms with Gasteiger partial charge in [0.05, 0.1) is 5.69 Å². The van der Waals surface area contributed by atoms with Crippen LogP contribution < -0.4 is 0 Å². The van der Waals surface area contributed by atoms with Gasteiger partial charge in [-0.05, 0) is 18.6 Å². The van der Waals surface area contributed by atoms with E-state index in [2.05, 4.69) is 6.92 Å². The third-order valence-corrected chi connectivity index (χ3v) is 2.35. The van der Waals surface area contributed by atoms with E-state index in [1.54, 1.807) is 0 Å². The Balaban J connectivity index is 2.22. The SMILES string of the molecule is CCCCCOCC(=O)c1cccn1C. The molecule has 0 saturated heterocycles. The maximum absolute atomic E-state index is 11.6. The molecule has 1 aromatic rings. The van der Waals surface area contributed by atoms with Gasteiger partial charge >= 0.3 is 0 Å². The van der Waals surface area contributed by atoms with E-state index in [-0.39, 0.29) is 12.4 Å². The summed E-state index contributed by atoms with van der Waals surface area (Å²) < 4.78 is 7.13. The van der Waals surface area contributed by atoms with Crippen molar-refractivity contribution in [1.29, 1.82) is 0 Å². The van der Waals surface area contributed by atoms with Crippen molar-refractivity contribution in [1.82, 2.24) is 4.57 Å². The van der Waals surface area contributed by atoms with Crippen LogP contribution in [-0.4, -0.2) is 23.6 Å². The van der Waals surface area contributed by atoms with Crippen LogP contribution in [0.25, 0.3) is 0 Å². The van der Waals surface area contributed by atoms with E-state index >= 15 is 0 Å². The minimum Gasteiger partial charge on any atom is -0.373 e. The summed E-state index contributed by atoms with van der Waals surface area (Å²) >= 11 is 0. The number of aromatic nitrogens is 1. The van der Waals surface area contributed by atoms with Gasteiger partial charge in [0.1, 0.15) is 6.61 Å². The maximum atomic E-state index is 11.6. The summed E-state index contributed by atoms with van der Waals surface area (Å²) in [7, 11) is 1.87. The Morgan fingerprint density at radius 3 is 2.87 bits per heavy atom. The highest BCUT2D eigenvalue weighted by atomic mass is 16.5. The second kappa shape index (κ2) is 6.40. The van der Waals surface area contributed by atoms with Gasteiger partial charge in [-0.1, -0.05) is 19.8 Å². The predicted octanol–water partition coefficient (Wildman–Crippen LogP) is 2.41. The molecule has 0 saturated carbocycles. The summed E-state index contributed by atoms with van der Waals surface area (Å²) in [5.41, 5.74) is 0.713. The average molecular weight is 209 g/mol. The third-order valence-electron chi connectivity index (χ3n) is 2.35. The first-order chi connectivity index (χ1) is 7.25. The Morgan fingerprint density at radius 1 is 1.47 bits per heavy atom. The minimum atomic E-state index is 0.0546. The average Bonchev–Trinajstić information content (AvgIpc) is 2.64. The molecule has 0 amide bonds. The molecule has 0 N–H and O–H groups in total. The molecule has 0 bridgehead atoms. The number of unbranched alkanes of at least 4 members (excludes halogenated alkanes) is 2. The number of hydrogen-bond acceptors (Lipinski definition) is 2. The summed E-state index contributed by atoms with van der Waals surface area (Å²) in [5, 5.41) is 0. The molecule has 0 unspecified atom stereocenters. The highest BCUT2D eigenvalue weighted by Gasteiger charge is 2.08. The lowest BCUT2D eigenvalue weighted by atomic mass is 10.2. The molecular weight excluding hydrogens is 190 g/mol. The van der Waals surface area contributed by atoms with E-state index < -0.39 is 0 Å². The molecule has 0 fully saturated rings. The van der Waals surface area contributed by atoms with Crippen molar-refractivity contribution in [3.63, 3.8) is 0 Å². The Hall–Kier alpha value is -1.09. The molecule has 0 aliphatic carbocycles. The second-order valence-corrected chi connectivity index (χ2v) is 3.69. The minimum absolute atomic E-state index is 0.0546. The number of aryl methyl sites for hydroxylation is 1. The van der Waals surface area contributed by atoms with Gasteiger partial charge in [0.25, 0.3) is 0 Å². The largest absolute Gasteiger partial charge is 0.373 e. The van der Waals surface area contributed by atoms with Gasteiger partial charge in [-0.2, -0.15) is 0 Å². The van der Waals surface area contributed by atoms with Gasteiger partial charge in [-0.15, -0.1) is 0 Å². The van der Waals surface area contributed by atoms with Crippen LogP contribution >= 0.6 is 0 Å². The van der Waals surface area contributed by atoms with E-state index in [0.717, 1.165) is 6.42 Å². The van der Waals surface area contributed by atoms with Crippen LogP contribution in [0.1, 0.15) is 36.7 Å². The van der Waals surface area contributed by atoms with Gasteiger partial charge in [0.2, 0.25) is 5.78 Å². The topological polar surface area (TPSA) is 31.2 Å². The normalized spacial score (nSPS) is 10.5. The van der Waals surface area contributed by atoms with E-state index in [4.69, 9.17) is 4.74 Å². The fraction of sp³-hybridized carbons (Fsp3) is 0.583. The monoisotopic (exact) mass is 209 g/mol. The summed E-state index contributed by atoms with van der Waals surface area (Å²) in [4.78, 5) is 11.6. The second-order valence-electron chi connectivity index (χ2n) is 3.69. The Labute approximate surface area is 91.0 Å². The first kappa shape index (κ1) is 12.0. The van der Waals surface area contributed by atoms with Crippen LogP contribution in [0.15, 0.2) is 18.3 Å². The van der Waals surface area contributed by atoms with Crippen molar-refractivity contribution < 1.29 is 9.53 Å². The molecule has 0 aliphatic heterocycles. The predicted molar refractivity (Wildman–Crippen MR) is 60.1 cm³/mol. The standard InChI is InChI=1S/C12H19NO2/c1-3-4-5-9-15-10-12(14)11-7-6-8-13(11)2/h6-8H,3-5,9-10H2,1-2H3. The molecule has 0 aliphatic rings. The first-order valence-corrected chi connectivity index (χ1v) is 5.48. The molecule has 3 nitrogen and oxygen atoms in total. The number of ether oxygens (including phenoxy) is 1. The van der Waals surface area contributed by atoms with Crippen molar-refractivity contribution in [3.05, 3.63) is 24.0 Å². The summed E-state index contributed by atoms with van der Waals surface area (Å²) in [6, 6.07) is 3.68. The van der Waals surface area contributed by atoms with E-state index in [1.165, 1.54) is 12.8 Å². The van der Waals surface area contributed by atoms with Gasteiger partial charge < -0.3 is 9.30 Å². The summed E-state index contributed by atoms with van der Waals surface area (Å²) in [5.74, 6) is 0.0546. The molecule has 3 heteroatoms. The van der Waals surface area contributed by atoms with Crippen LogP contribution in [0.2, 0.25) is 0 Å². The third kappa shape index (κ3) is 3.88. The van der Waals surface area contributed by atoms with Crippen LogP contribution in [0, 0.1) is 0 Å². The van der Waals surface area contributed by atoms with Crippen molar-refractivity contribution in [2.75, 3.05) is 13.2 Å². The quantitative estimate of drug-likeness (QED) is 0.510. The Kier molecular flexibility index (Phi) is 5.12.